The van der Waals surface area contributed by atoms with Gasteiger partial charge in [0.2, 0.25) is 5.91 Å². The van der Waals surface area contributed by atoms with Crippen molar-refractivity contribution in [1.82, 2.24) is 29.8 Å². The summed E-state index contributed by atoms with van der Waals surface area (Å²) in [6, 6.07) is 8.82. The zero-order valence-electron chi connectivity index (χ0n) is 20.2. The lowest BCUT2D eigenvalue weighted by Crippen LogP contribution is -2.55. The molecule has 0 aliphatic carbocycles. The molecule has 0 radical (unpaired) electrons. The van der Waals surface area contributed by atoms with Gasteiger partial charge >= 0.3 is 12.1 Å². The van der Waals surface area contributed by atoms with Gasteiger partial charge in [-0.25, -0.2) is 24.1 Å². The molecule has 3 heterocycles. The fourth-order valence-electron chi connectivity index (χ4n) is 4.30. The molecule has 34 heavy (non-hydrogen) atoms. The summed E-state index contributed by atoms with van der Waals surface area (Å²) in [6.07, 6.45) is 1.30. The summed E-state index contributed by atoms with van der Waals surface area (Å²) in [4.78, 5) is 44.3. The number of carbonyl (C=O) groups excluding carboxylic acids is 3. The molecule has 3 amide bonds. The number of nitrogens with zero attached hydrogens (tertiary/aromatic N) is 5. The van der Waals surface area contributed by atoms with Crippen LogP contribution in [0.25, 0.3) is 0 Å². The van der Waals surface area contributed by atoms with Crippen LogP contribution in [0.2, 0.25) is 0 Å². The first-order valence-corrected chi connectivity index (χ1v) is 11.5. The molecule has 1 unspecified atom stereocenters. The van der Waals surface area contributed by atoms with Crippen LogP contribution in [-0.2, 0) is 16.1 Å². The highest BCUT2D eigenvalue weighted by molar-refractivity contribution is 5.80. The second-order valence-electron chi connectivity index (χ2n) is 9.62. The number of aryl methyl sites for hydroxylation is 1. The number of fused-ring (bicyclic) bond motifs is 1. The molecule has 1 atom stereocenters. The van der Waals surface area contributed by atoms with Gasteiger partial charge in [-0.2, -0.15) is 0 Å². The van der Waals surface area contributed by atoms with Gasteiger partial charge in [0.15, 0.2) is 0 Å². The number of ether oxygens (including phenoxy) is 1. The Hall–Kier alpha value is -3.40. The van der Waals surface area contributed by atoms with E-state index in [1.165, 1.54) is 0 Å². The number of amides is 3. The topological polar surface area (TPSA) is 100 Å². The number of rotatable bonds is 5. The van der Waals surface area contributed by atoms with Gasteiger partial charge in [-0.1, -0.05) is 30.3 Å². The Labute approximate surface area is 199 Å². The summed E-state index contributed by atoms with van der Waals surface area (Å²) in [5.74, 6) is 0.629. The van der Waals surface area contributed by atoms with E-state index < -0.39 is 17.7 Å². The van der Waals surface area contributed by atoms with Crippen molar-refractivity contribution in [3.63, 3.8) is 0 Å². The predicted molar refractivity (Wildman–Crippen MR) is 125 cm³/mol. The molecular weight excluding hydrogens is 436 g/mol. The Morgan fingerprint density at radius 1 is 1.12 bits per heavy atom. The van der Waals surface area contributed by atoms with Crippen molar-refractivity contribution in [3.05, 3.63) is 53.6 Å². The average Bonchev–Trinajstić information content (AvgIpc) is 3.32. The highest BCUT2D eigenvalue weighted by Crippen LogP contribution is 2.23. The highest BCUT2D eigenvalue weighted by atomic mass is 16.6. The molecule has 1 aromatic heterocycles. The number of hydrazine groups is 1. The maximum absolute atomic E-state index is 13.1. The second-order valence-corrected chi connectivity index (χ2v) is 9.62. The zero-order chi connectivity index (χ0) is 24.5. The molecule has 0 spiro atoms. The van der Waals surface area contributed by atoms with Crippen molar-refractivity contribution >= 4 is 18.0 Å². The lowest BCUT2D eigenvalue weighted by molar-refractivity contribution is -0.135. The third-order valence-corrected chi connectivity index (χ3v) is 5.96. The van der Waals surface area contributed by atoms with E-state index in [0.717, 1.165) is 11.3 Å². The average molecular weight is 469 g/mol. The lowest BCUT2D eigenvalue weighted by atomic mass is 10.0. The van der Waals surface area contributed by atoms with E-state index in [0.29, 0.717) is 38.5 Å². The molecule has 1 N–H and O–H groups in total. The van der Waals surface area contributed by atoms with Crippen LogP contribution in [0.3, 0.4) is 0 Å². The molecule has 0 bridgehead atoms. The van der Waals surface area contributed by atoms with E-state index in [9.17, 15) is 14.4 Å². The van der Waals surface area contributed by atoms with E-state index in [4.69, 9.17) is 4.74 Å². The second kappa shape index (κ2) is 9.46. The minimum atomic E-state index is -0.631. The van der Waals surface area contributed by atoms with Crippen molar-refractivity contribution in [2.75, 3.05) is 26.2 Å². The monoisotopic (exact) mass is 468 g/mol. The molecule has 2 aromatic rings. The number of imidazole rings is 1. The maximum atomic E-state index is 13.1. The number of nitrogens with one attached hydrogen (secondary N) is 1. The van der Waals surface area contributed by atoms with Gasteiger partial charge < -0.3 is 15.0 Å². The Morgan fingerprint density at radius 3 is 2.41 bits per heavy atom. The third-order valence-electron chi connectivity index (χ3n) is 5.96. The minimum absolute atomic E-state index is 0.0522. The van der Waals surface area contributed by atoms with Crippen molar-refractivity contribution in [3.8, 4) is 0 Å². The first-order valence-electron chi connectivity index (χ1n) is 11.5. The summed E-state index contributed by atoms with van der Waals surface area (Å²) in [7, 11) is 0. The fraction of sp³-hybridized carbons (Fsp3) is 0.500. The fourth-order valence-corrected chi connectivity index (χ4v) is 4.30. The predicted octanol–water partition coefficient (Wildman–Crippen LogP) is 2.69. The number of piperazine rings is 1. The van der Waals surface area contributed by atoms with Crippen LogP contribution in [0.5, 0.6) is 0 Å². The van der Waals surface area contributed by atoms with E-state index in [2.05, 4.69) is 10.3 Å². The number of hydrogen-bond donors (Lipinski definition) is 1. The van der Waals surface area contributed by atoms with E-state index in [1.54, 1.807) is 41.4 Å². The van der Waals surface area contributed by atoms with E-state index >= 15 is 0 Å². The van der Waals surface area contributed by atoms with Crippen LogP contribution >= 0.6 is 0 Å². The standard InChI is InChI=1S/C24H32N6O4/c1-17-25-15-19-16-29(23(33)30(17)19)28-12-10-27(11-13-28)21(31)14-20(18-8-6-5-7-9-18)26-22(32)34-24(2,3)4/h5-9,15,20H,10-14,16H2,1-4H3,(H,26,32). The number of hydrogen-bond acceptors (Lipinski definition) is 6. The minimum Gasteiger partial charge on any atom is -0.444 e. The first kappa shape index (κ1) is 23.7. The zero-order valence-corrected chi connectivity index (χ0v) is 20.2. The van der Waals surface area contributed by atoms with E-state index in [-0.39, 0.29) is 18.4 Å². The van der Waals surface area contributed by atoms with Crippen LogP contribution < -0.4 is 5.32 Å². The SMILES string of the molecule is Cc1ncc2n1C(=O)N(N1CCN(C(=O)CC(NC(=O)OC(C)(C)C)c3ccccc3)CC1)C2. The van der Waals surface area contributed by atoms with Gasteiger partial charge in [0.25, 0.3) is 0 Å². The maximum Gasteiger partial charge on any atom is 0.408 e. The molecule has 1 fully saturated rings. The smallest absolute Gasteiger partial charge is 0.408 e. The van der Waals surface area contributed by atoms with Gasteiger partial charge in [0, 0.05) is 26.2 Å². The number of benzene rings is 1. The summed E-state index contributed by atoms with van der Waals surface area (Å²) in [5, 5.41) is 6.57. The Morgan fingerprint density at radius 2 is 1.79 bits per heavy atom. The number of alkyl carbamates (subject to hydrolysis) is 1. The molecule has 2 aliphatic rings. The van der Waals surface area contributed by atoms with Gasteiger partial charge in [0.1, 0.15) is 11.4 Å². The molecular formula is C24H32N6O4. The summed E-state index contributed by atoms with van der Waals surface area (Å²) >= 11 is 0. The van der Waals surface area contributed by atoms with Gasteiger partial charge in [0.05, 0.1) is 30.9 Å². The summed E-state index contributed by atoms with van der Waals surface area (Å²) < 4.78 is 7.03. The molecule has 182 valence electrons. The van der Waals surface area contributed by atoms with Crippen molar-refractivity contribution in [2.24, 2.45) is 0 Å². The largest absolute Gasteiger partial charge is 0.444 e. The van der Waals surface area contributed by atoms with Crippen molar-refractivity contribution in [1.29, 1.82) is 0 Å². The Kier molecular flexibility index (Phi) is 6.60. The van der Waals surface area contributed by atoms with E-state index in [1.807, 2.05) is 42.3 Å². The quantitative estimate of drug-likeness (QED) is 0.724. The van der Waals surface area contributed by atoms with Crippen molar-refractivity contribution < 1.29 is 19.1 Å². The Bertz CT molecular complexity index is 1050. The normalized spacial score (nSPS) is 17.5. The molecule has 10 heteroatoms. The molecule has 1 saturated heterocycles. The lowest BCUT2D eigenvalue weighted by Gasteiger charge is -2.39. The summed E-state index contributed by atoms with van der Waals surface area (Å²) in [6.45, 7) is 9.83. The van der Waals surface area contributed by atoms with Gasteiger partial charge in [-0.15, -0.1) is 0 Å². The van der Waals surface area contributed by atoms with Crippen LogP contribution in [0.15, 0.2) is 36.5 Å². The molecule has 4 rings (SSSR count). The third kappa shape index (κ3) is 5.22. The molecule has 0 saturated carbocycles. The van der Waals surface area contributed by atoms with Crippen LogP contribution in [0.1, 0.15) is 50.3 Å². The summed E-state index contributed by atoms with van der Waals surface area (Å²) in [5.41, 5.74) is 1.09. The van der Waals surface area contributed by atoms with Gasteiger partial charge in [-0.05, 0) is 33.3 Å². The first-order chi connectivity index (χ1) is 16.1. The van der Waals surface area contributed by atoms with Gasteiger partial charge in [-0.3, -0.25) is 9.80 Å². The number of aromatic nitrogens is 2. The van der Waals surface area contributed by atoms with Crippen LogP contribution in [0, 0.1) is 6.92 Å². The highest BCUT2D eigenvalue weighted by Gasteiger charge is 2.35. The van der Waals surface area contributed by atoms with Crippen molar-refractivity contribution in [2.45, 2.75) is 52.3 Å². The number of carbonyl (C=O) groups is 3. The van der Waals surface area contributed by atoms with Crippen LogP contribution in [0.4, 0.5) is 9.59 Å². The Balaban J connectivity index is 1.35. The molecule has 10 nitrogen and oxygen atoms in total. The van der Waals surface area contributed by atoms with Crippen LogP contribution in [-0.4, -0.2) is 74.3 Å². The molecule has 1 aromatic carbocycles. The molecule has 2 aliphatic heterocycles.